The number of hydrogen-bond acceptors (Lipinski definition) is 4. The van der Waals surface area contributed by atoms with E-state index < -0.39 is 0 Å². The zero-order valence-electron chi connectivity index (χ0n) is 11.7. The van der Waals surface area contributed by atoms with Crippen LogP contribution in [0.4, 0.5) is 0 Å². The Hall–Kier alpha value is -0.450. The first-order chi connectivity index (χ1) is 8.72. The minimum atomic E-state index is -0.118. The van der Waals surface area contributed by atoms with Crippen molar-refractivity contribution >= 4 is 11.3 Å². The van der Waals surface area contributed by atoms with Crippen molar-refractivity contribution in [2.75, 3.05) is 14.2 Å². The van der Waals surface area contributed by atoms with Crippen LogP contribution < -0.4 is 5.32 Å². The monoisotopic (exact) mass is 268 g/mol. The molecule has 0 saturated heterocycles. The van der Waals surface area contributed by atoms with E-state index in [2.05, 4.69) is 17.6 Å². The normalized spacial score (nSPS) is 21.5. The van der Waals surface area contributed by atoms with Crippen LogP contribution in [0.3, 0.4) is 0 Å². The smallest absolute Gasteiger partial charge is 0.125 e. The number of nitrogens with one attached hydrogen (secondary N) is 1. The van der Waals surface area contributed by atoms with Crippen molar-refractivity contribution < 1.29 is 4.74 Å². The molecule has 18 heavy (non-hydrogen) atoms. The van der Waals surface area contributed by atoms with Crippen LogP contribution >= 0.6 is 11.3 Å². The number of nitrogens with zero attached hydrogens (tertiary/aromatic N) is 1. The summed E-state index contributed by atoms with van der Waals surface area (Å²) in [6, 6.07) is 0.315. The van der Waals surface area contributed by atoms with Gasteiger partial charge >= 0.3 is 0 Å². The predicted molar refractivity (Wildman–Crippen MR) is 76.0 cm³/mol. The molecule has 4 heteroatoms. The molecule has 0 aliphatic heterocycles. The minimum absolute atomic E-state index is 0.118. The van der Waals surface area contributed by atoms with Crippen LogP contribution in [0.1, 0.15) is 62.2 Å². The number of ether oxygens (including phenoxy) is 1. The molecule has 3 nitrogen and oxygen atoms in total. The maximum atomic E-state index is 5.90. The van der Waals surface area contributed by atoms with Crippen LogP contribution in [0.2, 0.25) is 0 Å². The Morgan fingerprint density at radius 3 is 2.56 bits per heavy atom. The van der Waals surface area contributed by atoms with E-state index in [-0.39, 0.29) is 5.60 Å². The largest absolute Gasteiger partial charge is 0.371 e. The van der Waals surface area contributed by atoms with Crippen LogP contribution in [0.15, 0.2) is 5.38 Å². The fourth-order valence-electron chi connectivity index (χ4n) is 2.65. The number of methoxy groups -OCH3 is 1. The van der Waals surface area contributed by atoms with Gasteiger partial charge in [0.1, 0.15) is 10.6 Å². The number of hydrogen-bond donors (Lipinski definition) is 1. The summed E-state index contributed by atoms with van der Waals surface area (Å²) in [6.45, 7) is 2.14. The first-order valence-corrected chi connectivity index (χ1v) is 7.78. The fourth-order valence-corrected chi connectivity index (χ4v) is 3.80. The van der Waals surface area contributed by atoms with Crippen LogP contribution in [0, 0.1) is 0 Å². The van der Waals surface area contributed by atoms with Crippen LogP contribution in [0.25, 0.3) is 0 Å². The zero-order valence-corrected chi connectivity index (χ0v) is 12.5. The summed E-state index contributed by atoms with van der Waals surface area (Å²) >= 11 is 1.76. The third kappa shape index (κ3) is 2.76. The lowest BCUT2D eigenvalue weighted by molar-refractivity contribution is -0.0281. The molecule has 1 aromatic heterocycles. The Labute approximate surface area is 114 Å². The van der Waals surface area contributed by atoms with Gasteiger partial charge in [-0.15, -0.1) is 11.3 Å². The Balaban J connectivity index is 2.23. The Bertz CT molecular complexity index is 370. The SMILES string of the molecule is CNC(C)c1csc(C2(OC)CCCCCC2)n1. The fraction of sp³-hybridized carbons (Fsp3) is 0.786. The Kier molecular flexibility index (Phi) is 4.76. The third-order valence-corrected chi connectivity index (χ3v) is 5.14. The molecule has 1 saturated carbocycles. The Morgan fingerprint density at radius 1 is 1.33 bits per heavy atom. The number of aromatic nitrogens is 1. The van der Waals surface area contributed by atoms with Crippen LogP contribution in [0.5, 0.6) is 0 Å². The molecular weight excluding hydrogens is 244 g/mol. The van der Waals surface area contributed by atoms with Gasteiger partial charge < -0.3 is 10.1 Å². The molecule has 0 bridgehead atoms. The molecule has 0 amide bonds. The highest BCUT2D eigenvalue weighted by Crippen LogP contribution is 2.40. The van der Waals surface area contributed by atoms with Crippen molar-refractivity contribution in [3.63, 3.8) is 0 Å². The topological polar surface area (TPSA) is 34.1 Å². The van der Waals surface area contributed by atoms with Crippen LogP contribution in [-0.4, -0.2) is 19.1 Å². The molecular formula is C14H24N2OS. The summed E-state index contributed by atoms with van der Waals surface area (Å²) < 4.78 is 5.90. The second-order valence-corrected chi connectivity index (χ2v) is 6.06. The van der Waals surface area contributed by atoms with E-state index in [1.807, 2.05) is 14.2 Å². The van der Waals surface area contributed by atoms with E-state index in [0.717, 1.165) is 18.5 Å². The molecule has 0 aromatic carbocycles. The molecule has 0 radical (unpaired) electrons. The van der Waals surface area contributed by atoms with Gasteiger partial charge in [0.05, 0.1) is 5.69 Å². The van der Waals surface area contributed by atoms with Gasteiger partial charge in [-0.25, -0.2) is 4.98 Å². The van der Waals surface area contributed by atoms with E-state index in [9.17, 15) is 0 Å². The van der Waals surface area contributed by atoms with Gasteiger partial charge in [0, 0.05) is 18.5 Å². The predicted octanol–water partition coefficient (Wildman–Crippen LogP) is 3.62. The lowest BCUT2D eigenvalue weighted by atomic mass is 9.95. The van der Waals surface area contributed by atoms with Gasteiger partial charge in [-0.2, -0.15) is 0 Å². The molecule has 1 atom stereocenters. The van der Waals surface area contributed by atoms with Crippen LogP contribution in [-0.2, 0) is 10.3 Å². The second kappa shape index (κ2) is 6.13. The lowest BCUT2D eigenvalue weighted by Crippen LogP contribution is -2.28. The highest BCUT2D eigenvalue weighted by molar-refractivity contribution is 7.09. The van der Waals surface area contributed by atoms with Crippen molar-refractivity contribution in [1.82, 2.24) is 10.3 Å². The standard InChI is InChI=1S/C14H24N2OS/c1-11(15-2)12-10-18-13(16-12)14(17-3)8-6-4-5-7-9-14/h10-11,15H,4-9H2,1-3H3. The van der Waals surface area contributed by atoms with Gasteiger partial charge in [-0.05, 0) is 26.8 Å². The Morgan fingerprint density at radius 2 is 2.00 bits per heavy atom. The average Bonchev–Trinajstić information content (AvgIpc) is 2.78. The first-order valence-electron chi connectivity index (χ1n) is 6.90. The molecule has 2 rings (SSSR count). The summed E-state index contributed by atoms with van der Waals surface area (Å²) in [5.74, 6) is 0. The highest BCUT2D eigenvalue weighted by atomic mass is 32.1. The molecule has 1 unspecified atom stereocenters. The molecule has 0 spiro atoms. The average molecular weight is 268 g/mol. The highest BCUT2D eigenvalue weighted by Gasteiger charge is 2.35. The van der Waals surface area contributed by atoms with Gasteiger partial charge in [-0.1, -0.05) is 25.7 Å². The zero-order chi connectivity index (χ0) is 13.0. The van der Waals surface area contributed by atoms with Crippen molar-refractivity contribution in [2.45, 2.75) is 57.1 Å². The summed E-state index contributed by atoms with van der Waals surface area (Å²) in [6.07, 6.45) is 7.40. The molecule has 1 aliphatic rings. The summed E-state index contributed by atoms with van der Waals surface area (Å²) in [5, 5.41) is 6.58. The van der Waals surface area contributed by atoms with E-state index in [4.69, 9.17) is 9.72 Å². The summed E-state index contributed by atoms with van der Waals surface area (Å²) in [4.78, 5) is 4.82. The van der Waals surface area contributed by atoms with E-state index >= 15 is 0 Å². The maximum absolute atomic E-state index is 5.90. The summed E-state index contributed by atoms with van der Waals surface area (Å²) in [7, 11) is 3.81. The maximum Gasteiger partial charge on any atom is 0.125 e. The van der Waals surface area contributed by atoms with Crippen molar-refractivity contribution in [1.29, 1.82) is 0 Å². The second-order valence-electron chi connectivity index (χ2n) is 5.20. The van der Waals surface area contributed by atoms with E-state index in [0.29, 0.717) is 6.04 Å². The quantitative estimate of drug-likeness (QED) is 0.847. The van der Waals surface area contributed by atoms with Gasteiger partial charge in [0.2, 0.25) is 0 Å². The third-order valence-electron chi connectivity index (χ3n) is 4.09. The molecule has 1 aromatic rings. The lowest BCUT2D eigenvalue weighted by Gasteiger charge is -2.29. The summed E-state index contributed by atoms with van der Waals surface area (Å²) in [5.41, 5.74) is 1.02. The molecule has 1 aliphatic carbocycles. The first kappa shape index (κ1) is 14.0. The van der Waals surface area contributed by atoms with Gasteiger partial charge in [-0.3, -0.25) is 0 Å². The van der Waals surface area contributed by atoms with E-state index in [1.165, 1.54) is 30.7 Å². The van der Waals surface area contributed by atoms with Crippen molar-refractivity contribution in [3.05, 3.63) is 16.1 Å². The van der Waals surface area contributed by atoms with E-state index in [1.54, 1.807) is 11.3 Å². The molecule has 1 heterocycles. The van der Waals surface area contributed by atoms with Crippen molar-refractivity contribution in [3.8, 4) is 0 Å². The van der Waals surface area contributed by atoms with Crippen molar-refractivity contribution in [2.24, 2.45) is 0 Å². The molecule has 1 fully saturated rings. The number of rotatable bonds is 4. The van der Waals surface area contributed by atoms with Gasteiger partial charge in [0.25, 0.3) is 0 Å². The number of thiazole rings is 1. The molecule has 1 N–H and O–H groups in total. The molecule has 102 valence electrons. The minimum Gasteiger partial charge on any atom is -0.371 e. The van der Waals surface area contributed by atoms with Gasteiger partial charge in [0.15, 0.2) is 0 Å².